The molecule has 0 spiro atoms. The fraction of sp³-hybridized carbons (Fsp3) is 0.438. The highest BCUT2D eigenvalue weighted by atomic mass is 16.2. The average molecular weight is 284 g/mol. The van der Waals surface area contributed by atoms with Crippen LogP contribution in [0, 0.1) is 5.92 Å². The van der Waals surface area contributed by atoms with Gasteiger partial charge in [0.15, 0.2) is 5.69 Å². The first-order valence-electron chi connectivity index (χ1n) is 7.42. The standard InChI is InChI=1S/C16H20N4O/c1-19-17-12-15(18-19)16(21)20-9-7-14(8-10-20)11-13-5-3-2-4-6-13/h2-6,12,14H,7-11H2,1H3. The molecule has 3 rings (SSSR count). The summed E-state index contributed by atoms with van der Waals surface area (Å²) >= 11 is 0. The van der Waals surface area contributed by atoms with Gasteiger partial charge in [0, 0.05) is 20.1 Å². The lowest BCUT2D eigenvalue weighted by atomic mass is 9.90. The maximum atomic E-state index is 12.3. The van der Waals surface area contributed by atoms with Gasteiger partial charge in [0.25, 0.3) is 5.91 Å². The minimum Gasteiger partial charge on any atom is -0.337 e. The molecule has 2 aromatic rings. The van der Waals surface area contributed by atoms with Gasteiger partial charge >= 0.3 is 0 Å². The fourth-order valence-corrected chi connectivity index (χ4v) is 2.89. The van der Waals surface area contributed by atoms with Gasteiger partial charge in [-0.15, -0.1) is 5.10 Å². The Morgan fingerprint density at radius 1 is 1.24 bits per heavy atom. The molecule has 21 heavy (non-hydrogen) atoms. The van der Waals surface area contributed by atoms with E-state index in [0.29, 0.717) is 11.6 Å². The van der Waals surface area contributed by atoms with Crippen LogP contribution in [0.4, 0.5) is 0 Å². The van der Waals surface area contributed by atoms with Crippen LogP contribution in [0.1, 0.15) is 28.9 Å². The maximum Gasteiger partial charge on any atom is 0.276 e. The minimum absolute atomic E-state index is 0.00117. The van der Waals surface area contributed by atoms with E-state index >= 15 is 0 Å². The number of piperidine rings is 1. The number of carbonyl (C=O) groups excluding carboxylic acids is 1. The second-order valence-electron chi connectivity index (χ2n) is 5.64. The van der Waals surface area contributed by atoms with Crippen molar-refractivity contribution in [3.05, 3.63) is 47.8 Å². The van der Waals surface area contributed by atoms with Crippen LogP contribution in [-0.4, -0.2) is 38.9 Å². The number of aromatic nitrogens is 3. The van der Waals surface area contributed by atoms with Crippen LogP contribution in [0.5, 0.6) is 0 Å². The third kappa shape index (κ3) is 3.29. The number of hydrogen-bond donors (Lipinski definition) is 0. The van der Waals surface area contributed by atoms with E-state index in [1.54, 1.807) is 13.2 Å². The van der Waals surface area contributed by atoms with Crippen molar-refractivity contribution in [1.29, 1.82) is 0 Å². The van der Waals surface area contributed by atoms with E-state index < -0.39 is 0 Å². The van der Waals surface area contributed by atoms with E-state index in [4.69, 9.17) is 0 Å². The van der Waals surface area contributed by atoms with Crippen LogP contribution in [0.15, 0.2) is 36.5 Å². The predicted molar refractivity (Wildman–Crippen MR) is 79.8 cm³/mol. The predicted octanol–water partition coefficient (Wildman–Crippen LogP) is 1.91. The number of hydrogen-bond acceptors (Lipinski definition) is 3. The van der Waals surface area contributed by atoms with Gasteiger partial charge < -0.3 is 4.90 Å². The zero-order valence-electron chi connectivity index (χ0n) is 12.3. The molecule has 1 aliphatic heterocycles. The van der Waals surface area contributed by atoms with Crippen molar-refractivity contribution in [2.75, 3.05) is 13.1 Å². The summed E-state index contributed by atoms with van der Waals surface area (Å²) in [6.45, 7) is 1.62. The molecule has 2 heterocycles. The molecule has 110 valence electrons. The van der Waals surface area contributed by atoms with Crippen molar-refractivity contribution in [3.63, 3.8) is 0 Å². The van der Waals surface area contributed by atoms with Gasteiger partial charge in [-0.1, -0.05) is 30.3 Å². The molecule has 0 aliphatic carbocycles. The van der Waals surface area contributed by atoms with E-state index in [1.807, 2.05) is 11.0 Å². The molecule has 0 radical (unpaired) electrons. The van der Waals surface area contributed by atoms with Crippen LogP contribution in [-0.2, 0) is 13.5 Å². The molecule has 0 unspecified atom stereocenters. The Labute approximate surface area is 124 Å². The van der Waals surface area contributed by atoms with Gasteiger partial charge in [-0.2, -0.15) is 9.90 Å². The smallest absolute Gasteiger partial charge is 0.276 e. The van der Waals surface area contributed by atoms with Crippen molar-refractivity contribution in [3.8, 4) is 0 Å². The number of likely N-dealkylation sites (tertiary alicyclic amines) is 1. The lowest BCUT2D eigenvalue weighted by Gasteiger charge is -2.31. The van der Waals surface area contributed by atoms with Crippen LogP contribution in [0.2, 0.25) is 0 Å². The summed E-state index contributed by atoms with van der Waals surface area (Å²) in [5, 5.41) is 8.05. The van der Waals surface area contributed by atoms with E-state index in [0.717, 1.165) is 32.4 Å². The molecule has 1 aromatic heterocycles. The van der Waals surface area contributed by atoms with Crippen molar-refractivity contribution >= 4 is 5.91 Å². The lowest BCUT2D eigenvalue weighted by molar-refractivity contribution is 0.0684. The third-order valence-electron chi connectivity index (χ3n) is 4.09. The van der Waals surface area contributed by atoms with Gasteiger partial charge in [-0.25, -0.2) is 0 Å². The van der Waals surface area contributed by atoms with Gasteiger partial charge in [0.1, 0.15) is 0 Å². The van der Waals surface area contributed by atoms with Crippen LogP contribution >= 0.6 is 0 Å². The normalized spacial score (nSPS) is 16.1. The van der Waals surface area contributed by atoms with Crippen LogP contribution in [0.3, 0.4) is 0 Å². The zero-order valence-corrected chi connectivity index (χ0v) is 12.3. The summed E-state index contributed by atoms with van der Waals surface area (Å²) in [6.07, 6.45) is 4.76. The fourth-order valence-electron chi connectivity index (χ4n) is 2.89. The number of benzene rings is 1. The Hall–Kier alpha value is -2.17. The Morgan fingerprint density at radius 3 is 2.57 bits per heavy atom. The van der Waals surface area contributed by atoms with Gasteiger partial charge in [0.05, 0.1) is 6.20 Å². The molecule has 0 saturated carbocycles. The summed E-state index contributed by atoms with van der Waals surface area (Å²) in [4.78, 5) is 15.6. The van der Waals surface area contributed by atoms with Crippen molar-refractivity contribution in [1.82, 2.24) is 19.9 Å². The van der Waals surface area contributed by atoms with Gasteiger partial charge in [-0.05, 0) is 30.7 Å². The number of aryl methyl sites for hydroxylation is 1. The SMILES string of the molecule is Cn1ncc(C(=O)N2CCC(Cc3ccccc3)CC2)n1. The first-order chi connectivity index (χ1) is 10.2. The van der Waals surface area contributed by atoms with E-state index in [2.05, 4.69) is 34.5 Å². The maximum absolute atomic E-state index is 12.3. The summed E-state index contributed by atoms with van der Waals surface area (Å²) in [7, 11) is 1.73. The molecule has 1 fully saturated rings. The molecule has 1 aliphatic rings. The summed E-state index contributed by atoms with van der Waals surface area (Å²) < 4.78 is 0. The van der Waals surface area contributed by atoms with Crippen molar-refractivity contribution in [2.45, 2.75) is 19.3 Å². The monoisotopic (exact) mass is 284 g/mol. The Kier molecular flexibility index (Phi) is 3.99. The highest BCUT2D eigenvalue weighted by Crippen LogP contribution is 2.22. The molecule has 0 N–H and O–H groups in total. The number of nitrogens with zero attached hydrogens (tertiary/aromatic N) is 4. The second-order valence-corrected chi connectivity index (χ2v) is 5.64. The molecule has 1 saturated heterocycles. The van der Waals surface area contributed by atoms with Crippen LogP contribution in [0.25, 0.3) is 0 Å². The average Bonchev–Trinajstić information content (AvgIpc) is 2.95. The highest BCUT2D eigenvalue weighted by Gasteiger charge is 2.25. The number of carbonyl (C=O) groups is 1. The molecule has 1 amide bonds. The van der Waals surface area contributed by atoms with Gasteiger partial charge in [0.2, 0.25) is 0 Å². The number of rotatable bonds is 3. The lowest BCUT2D eigenvalue weighted by Crippen LogP contribution is -2.39. The van der Waals surface area contributed by atoms with Gasteiger partial charge in [-0.3, -0.25) is 4.79 Å². The summed E-state index contributed by atoms with van der Waals surface area (Å²) in [6, 6.07) is 10.6. The quantitative estimate of drug-likeness (QED) is 0.865. The highest BCUT2D eigenvalue weighted by molar-refractivity contribution is 5.91. The minimum atomic E-state index is 0.00117. The molecular weight excluding hydrogens is 264 g/mol. The summed E-state index contributed by atoms with van der Waals surface area (Å²) in [5.74, 6) is 0.666. The second kappa shape index (κ2) is 6.08. The molecule has 5 nitrogen and oxygen atoms in total. The Bertz CT molecular complexity index is 600. The first kappa shape index (κ1) is 13.8. The Balaban J connectivity index is 1.54. The first-order valence-corrected chi connectivity index (χ1v) is 7.42. The third-order valence-corrected chi connectivity index (χ3v) is 4.09. The largest absolute Gasteiger partial charge is 0.337 e. The van der Waals surface area contributed by atoms with E-state index in [9.17, 15) is 4.79 Å². The molecule has 0 atom stereocenters. The van der Waals surface area contributed by atoms with Crippen molar-refractivity contribution in [2.24, 2.45) is 13.0 Å². The van der Waals surface area contributed by atoms with E-state index in [-0.39, 0.29) is 5.91 Å². The molecular formula is C16H20N4O. The zero-order chi connectivity index (χ0) is 14.7. The van der Waals surface area contributed by atoms with Crippen LogP contribution < -0.4 is 0 Å². The topological polar surface area (TPSA) is 51.0 Å². The molecule has 5 heteroatoms. The number of amides is 1. The Morgan fingerprint density at radius 2 is 1.95 bits per heavy atom. The van der Waals surface area contributed by atoms with E-state index in [1.165, 1.54) is 10.4 Å². The molecule has 1 aromatic carbocycles. The molecule has 0 bridgehead atoms. The summed E-state index contributed by atoms with van der Waals surface area (Å²) in [5.41, 5.74) is 1.83. The van der Waals surface area contributed by atoms with Crippen molar-refractivity contribution < 1.29 is 4.79 Å².